The van der Waals surface area contributed by atoms with Crippen molar-refractivity contribution in [3.63, 3.8) is 0 Å². The largest absolute Gasteiger partial charge is 0.497 e. The molecule has 0 aliphatic carbocycles. The molecule has 1 atom stereocenters. The molecular weight excluding hydrogens is 368 g/mol. The highest BCUT2D eigenvalue weighted by molar-refractivity contribution is 7.80. The number of nitrogens with zero attached hydrogens (tertiary/aromatic N) is 2. The van der Waals surface area contributed by atoms with Crippen LogP contribution in [0.15, 0.2) is 18.2 Å². The zero-order chi connectivity index (χ0) is 18.9. The smallest absolute Gasteiger partial charge is 0.227 e. The Labute approximate surface area is 162 Å². The maximum atomic E-state index is 12.3. The molecule has 3 rings (SSSR count). The van der Waals surface area contributed by atoms with Crippen molar-refractivity contribution in [2.24, 2.45) is 0 Å². The number of thiocarbonyl (C=S) groups is 1. The number of carbonyl (C=O) groups excluding carboxylic acids is 1. The molecule has 1 aromatic carbocycles. The molecule has 0 unspecified atom stereocenters. The van der Waals surface area contributed by atoms with Gasteiger partial charge < -0.3 is 20.3 Å². The average Bonchev–Trinajstić information content (AvgIpc) is 2.93. The van der Waals surface area contributed by atoms with E-state index in [9.17, 15) is 4.79 Å². The van der Waals surface area contributed by atoms with Crippen molar-refractivity contribution in [1.29, 1.82) is 0 Å². The summed E-state index contributed by atoms with van der Waals surface area (Å²) in [5.74, 6) is 0.720. The van der Waals surface area contributed by atoms with Crippen LogP contribution in [0.5, 0.6) is 5.75 Å². The van der Waals surface area contributed by atoms with Gasteiger partial charge in [-0.2, -0.15) is 0 Å². The molecule has 0 bridgehead atoms. The number of anilines is 1. The van der Waals surface area contributed by atoms with Crippen molar-refractivity contribution < 1.29 is 9.53 Å². The molecule has 1 aliphatic heterocycles. The first-order chi connectivity index (χ1) is 12.3. The fourth-order valence-corrected chi connectivity index (χ4v) is 4.73. The van der Waals surface area contributed by atoms with Crippen molar-refractivity contribution >= 4 is 49.9 Å². The van der Waals surface area contributed by atoms with Gasteiger partial charge in [0.1, 0.15) is 5.75 Å². The van der Waals surface area contributed by atoms with E-state index in [0.29, 0.717) is 29.3 Å². The van der Waals surface area contributed by atoms with E-state index in [4.69, 9.17) is 17.0 Å². The molecule has 0 radical (unpaired) electrons. The highest BCUT2D eigenvalue weighted by atomic mass is 32.1. The summed E-state index contributed by atoms with van der Waals surface area (Å²) in [6.07, 6.45) is 1.35. The Morgan fingerprint density at radius 1 is 1.54 bits per heavy atom. The number of hydrogen-bond donors (Lipinski definition) is 2. The second-order valence-electron chi connectivity index (χ2n) is 7.21. The summed E-state index contributed by atoms with van der Waals surface area (Å²) in [6.45, 7) is 7.02. The van der Waals surface area contributed by atoms with Gasteiger partial charge in [-0.3, -0.25) is 4.79 Å². The van der Waals surface area contributed by atoms with Gasteiger partial charge in [-0.1, -0.05) is 11.3 Å². The number of amides is 1. The molecule has 140 valence electrons. The molecule has 2 N–H and O–H groups in total. The zero-order valence-electron chi connectivity index (χ0n) is 15.5. The van der Waals surface area contributed by atoms with Gasteiger partial charge in [0.05, 0.1) is 17.3 Å². The minimum atomic E-state index is -0.0594. The number of methoxy groups -OCH3 is 1. The number of thiazole rings is 1. The average molecular weight is 393 g/mol. The first-order valence-electron chi connectivity index (χ1n) is 8.60. The van der Waals surface area contributed by atoms with Gasteiger partial charge in [-0.25, -0.2) is 4.98 Å². The van der Waals surface area contributed by atoms with Crippen molar-refractivity contribution in [2.75, 3.05) is 19.0 Å². The van der Waals surface area contributed by atoms with Crippen LogP contribution < -0.4 is 15.4 Å². The molecule has 1 aromatic heterocycles. The lowest BCUT2D eigenvalue weighted by atomic mass is 9.93. The Kier molecular flexibility index (Phi) is 5.34. The van der Waals surface area contributed by atoms with E-state index in [1.807, 2.05) is 18.2 Å². The van der Waals surface area contributed by atoms with E-state index in [1.165, 1.54) is 11.3 Å². The van der Waals surface area contributed by atoms with Crippen LogP contribution in [0.1, 0.15) is 33.6 Å². The van der Waals surface area contributed by atoms with Crippen LogP contribution in [-0.4, -0.2) is 46.1 Å². The first-order valence-corrected chi connectivity index (χ1v) is 9.83. The first kappa shape index (κ1) is 18.8. The van der Waals surface area contributed by atoms with Crippen LogP contribution in [0, 0.1) is 0 Å². The molecule has 1 saturated heterocycles. The van der Waals surface area contributed by atoms with Crippen LogP contribution in [0.2, 0.25) is 0 Å². The molecule has 26 heavy (non-hydrogen) atoms. The van der Waals surface area contributed by atoms with Gasteiger partial charge in [-0.05, 0) is 57.6 Å². The van der Waals surface area contributed by atoms with Crippen LogP contribution in [-0.2, 0) is 4.79 Å². The van der Waals surface area contributed by atoms with E-state index >= 15 is 0 Å². The summed E-state index contributed by atoms with van der Waals surface area (Å²) < 4.78 is 6.20. The monoisotopic (exact) mass is 392 g/mol. The topological polar surface area (TPSA) is 66.5 Å². The molecule has 0 saturated carbocycles. The predicted molar refractivity (Wildman–Crippen MR) is 110 cm³/mol. The normalized spacial score (nSPS) is 19.3. The van der Waals surface area contributed by atoms with Crippen LogP contribution in [0.3, 0.4) is 0 Å². The minimum absolute atomic E-state index is 0.00267. The standard InChI is InChI=1S/C18H24N4O2S2/c1-11-10-18(2,3)21-17(25)22(11)8-7-15(23)20-16-19-13-6-5-12(24-4)9-14(13)26-16/h5-6,9,11H,7-8,10H2,1-4H3,(H,21,25)(H,19,20,23)/t11-/m0/s1. The van der Waals surface area contributed by atoms with Gasteiger partial charge in [-0.15, -0.1) is 0 Å². The van der Waals surface area contributed by atoms with E-state index in [1.54, 1.807) is 7.11 Å². The van der Waals surface area contributed by atoms with E-state index in [2.05, 4.69) is 41.3 Å². The number of hydrogen-bond acceptors (Lipinski definition) is 5. The van der Waals surface area contributed by atoms with Gasteiger partial charge in [0.25, 0.3) is 0 Å². The summed E-state index contributed by atoms with van der Waals surface area (Å²) in [4.78, 5) is 18.9. The lowest BCUT2D eigenvalue weighted by molar-refractivity contribution is -0.116. The van der Waals surface area contributed by atoms with E-state index in [-0.39, 0.29) is 11.4 Å². The fourth-order valence-electron chi connectivity index (χ4n) is 3.27. The molecule has 8 heteroatoms. The lowest BCUT2D eigenvalue weighted by Crippen LogP contribution is -2.60. The number of ether oxygens (including phenoxy) is 1. The Bertz CT molecular complexity index is 834. The van der Waals surface area contributed by atoms with Crippen LogP contribution >= 0.6 is 23.6 Å². The van der Waals surface area contributed by atoms with Crippen molar-refractivity contribution in [3.05, 3.63) is 18.2 Å². The Morgan fingerprint density at radius 2 is 2.31 bits per heavy atom. The number of fused-ring (bicyclic) bond motifs is 1. The molecular formula is C18H24N4O2S2. The second kappa shape index (κ2) is 7.36. The molecule has 1 aliphatic rings. The number of rotatable bonds is 5. The van der Waals surface area contributed by atoms with Gasteiger partial charge in [0.15, 0.2) is 10.2 Å². The van der Waals surface area contributed by atoms with Crippen LogP contribution in [0.4, 0.5) is 5.13 Å². The molecule has 0 spiro atoms. The third-order valence-electron chi connectivity index (χ3n) is 4.47. The summed E-state index contributed by atoms with van der Waals surface area (Å²) in [5, 5.41) is 7.55. The number of aromatic nitrogens is 1. The second-order valence-corrected chi connectivity index (χ2v) is 8.63. The van der Waals surface area contributed by atoms with Crippen molar-refractivity contribution in [1.82, 2.24) is 15.2 Å². The summed E-state index contributed by atoms with van der Waals surface area (Å²) >= 11 is 6.91. The summed E-state index contributed by atoms with van der Waals surface area (Å²) in [7, 11) is 1.63. The van der Waals surface area contributed by atoms with Gasteiger partial charge >= 0.3 is 0 Å². The molecule has 2 aromatic rings. The van der Waals surface area contributed by atoms with Gasteiger partial charge in [0, 0.05) is 24.5 Å². The number of carbonyl (C=O) groups is 1. The summed E-state index contributed by atoms with van der Waals surface area (Å²) in [5.41, 5.74) is 0.848. The number of benzene rings is 1. The molecule has 1 amide bonds. The minimum Gasteiger partial charge on any atom is -0.497 e. The van der Waals surface area contributed by atoms with E-state index < -0.39 is 0 Å². The Morgan fingerprint density at radius 3 is 3.00 bits per heavy atom. The van der Waals surface area contributed by atoms with Crippen molar-refractivity contribution in [3.8, 4) is 5.75 Å². The molecule has 2 heterocycles. The SMILES string of the molecule is COc1ccc2nc(NC(=O)CCN3C(=S)NC(C)(C)C[C@@H]3C)sc2c1. The zero-order valence-corrected chi connectivity index (χ0v) is 17.1. The third kappa shape index (κ3) is 4.24. The lowest BCUT2D eigenvalue weighted by Gasteiger charge is -2.44. The Balaban J connectivity index is 1.58. The third-order valence-corrected chi connectivity index (χ3v) is 5.74. The highest BCUT2D eigenvalue weighted by Crippen LogP contribution is 2.29. The maximum absolute atomic E-state index is 12.3. The summed E-state index contributed by atoms with van der Waals surface area (Å²) in [6, 6.07) is 5.98. The fraction of sp³-hybridized carbons (Fsp3) is 0.500. The molecule has 1 fully saturated rings. The van der Waals surface area contributed by atoms with E-state index in [0.717, 1.165) is 22.4 Å². The molecule has 6 nitrogen and oxygen atoms in total. The van der Waals surface area contributed by atoms with Gasteiger partial charge in [0.2, 0.25) is 5.91 Å². The quantitative estimate of drug-likeness (QED) is 0.761. The number of nitrogens with one attached hydrogen (secondary N) is 2. The van der Waals surface area contributed by atoms with Crippen LogP contribution in [0.25, 0.3) is 10.2 Å². The predicted octanol–water partition coefficient (Wildman–Crippen LogP) is 3.38. The van der Waals surface area contributed by atoms with Crippen molar-refractivity contribution in [2.45, 2.75) is 45.2 Å². The Hall–Kier alpha value is -1.93. The maximum Gasteiger partial charge on any atom is 0.227 e. The highest BCUT2D eigenvalue weighted by Gasteiger charge is 2.33.